The lowest BCUT2D eigenvalue weighted by Gasteiger charge is -2.29. The van der Waals surface area contributed by atoms with Crippen LogP contribution < -0.4 is 5.32 Å². The zero-order valence-electron chi connectivity index (χ0n) is 14.8. The second-order valence-electron chi connectivity index (χ2n) is 7.47. The first-order valence-electron chi connectivity index (χ1n) is 9.48. The van der Waals surface area contributed by atoms with Crippen molar-refractivity contribution >= 4 is 5.91 Å². The van der Waals surface area contributed by atoms with Crippen LogP contribution in [0.15, 0.2) is 4.52 Å². The number of carbonyl (C=O) groups is 1. The molecule has 1 aromatic rings. The molecule has 1 aliphatic carbocycles. The fourth-order valence-electron chi connectivity index (χ4n) is 3.97. The lowest BCUT2D eigenvalue weighted by molar-refractivity contribution is -0.121. The SMILES string of the molecule is CN1CCC[C@H](CCC(=O)NCc2nc(C3CCCCC3)no2)C1. The minimum atomic E-state index is 0.0839. The molecule has 0 radical (unpaired) electrons. The third-order valence-corrected chi connectivity index (χ3v) is 5.39. The van der Waals surface area contributed by atoms with Gasteiger partial charge in [0.2, 0.25) is 11.8 Å². The Bertz CT molecular complexity index is 525. The van der Waals surface area contributed by atoms with Crippen LogP contribution in [0.2, 0.25) is 0 Å². The van der Waals surface area contributed by atoms with E-state index in [-0.39, 0.29) is 5.91 Å². The number of carbonyl (C=O) groups excluding carboxylic acids is 1. The average Bonchev–Trinajstić information content (AvgIpc) is 3.08. The van der Waals surface area contributed by atoms with Crippen LogP contribution in [0, 0.1) is 5.92 Å². The Balaban J connectivity index is 1.37. The largest absolute Gasteiger partial charge is 0.347 e. The highest BCUT2D eigenvalue weighted by molar-refractivity contribution is 5.75. The van der Waals surface area contributed by atoms with Crippen molar-refractivity contribution in [1.29, 1.82) is 0 Å². The number of amides is 1. The van der Waals surface area contributed by atoms with Crippen LogP contribution in [0.5, 0.6) is 0 Å². The maximum absolute atomic E-state index is 12.0. The zero-order chi connectivity index (χ0) is 16.8. The van der Waals surface area contributed by atoms with Gasteiger partial charge in [-0.1, -0.05) is 24.4 Å². The van der Waals surface area contributed by atoms with Crippen LogP contribution in [0.3, 0.4) is 0 Å². The molecule has 0 bridgehead atoms. The van der Waals surface area contributed by atoms with Gasteiger partial charge in [0.15, 0.2) is 5.82 Å². The summed E-state index contributed by atoms with van der Waals surface area (Å²) < 4.78 is 5.29. The number of hydrogen-bond donors (Lipinski definition) is 1. The molecule has 0 spiro atoms. The summed E-state index contributed by atoms with van der Waals surface area (Å²) >= 11 is 0. The Morgan fingerprint density at radius 1 is 1.25 bits per heavy atom. The summed E-state index contributed by atoms with van der Waals surface area (Å²) in [6.07, 6.45) is 10.2. The van der Waals surface area contributed by atoms with Gasteiger partial charge in [-0.15, -0.1) is 0 Å². The van der Waals surface area contributed by atoms with Gasteiger partial charge in [-0.25, -0.2) is 0 Å². The molecule has 6 heteroatoms. The summed E-state index contributed by atoms with van der Waals surface area (Å²) in [5.41, 5.74) is 0. The van der Waals surface area contributed by atoms with Crippen molar-refractivity contribution in [3.05, 3.63) is 11.7 Å². The standard InChI is InChI=1S/C18H30N4O2/c1-22-11-5-6-14(13-22)9-10-16(23)19-12-17-20-18(21-24-17)15-7-3-2-4-8-15/h14-15H,2-13H2,1H3,(H,19,23)/t14-/m1/s1. The van der Waals surface area contributed by atoms with Gasteiger partial charge in [0.25, 0.3) is 0 Å². The Kier molecular flexibility index (Phi) is 6.24. The summed E-state index contributed by atoms with van der Waals surface area (Å²) in [6.45, 7) is 2.65. The van der Waals surface area contributed by atoms with Crippen molar-refractivity contribution < 1.29 is 9.32 Å². The normalized spacial score (nSPS) is 23.3. The Labute approximate surface area is 144 Å². The van der Waals surface area contributed by atoms with E-state index in [0.717, 1.165) is 31.6 Å². The van der Waals surface area contributed by atoms with E-state index in [2.05, 4.69) is 27.4 Å². The molecule has 1 aromatic heterocycles. The van der Waals surface area contributed by atoms with E-state index < -0.39 is 0 Å². The van der Waals surface area contributed by atoms with E-state index in [9.17, 15) is 4.79 Å². The fourth-order valence-corrected chi connectivity index (χ4v) is 3.97. The van der Waals surface area contributed by atoms with E-state index in [4.69, 9.17) is 4.52 Å². The molecule has 1 saturated carbocycles. The monoisotopic (exact) mass is 334 g/mol. The molecule has 2 fully saturated rings. The van der Waals surface area contributed by atoms with Gasteiger partial charge < -0.3 is 14.7 Å². The molecule has 134 valence electrons. The van der Waals surface area contributed by atoms with Gasteiger partial charge in [0.05, 0.1) is 6.54 Å². The van der Waals surface area contributed by atoms with Crippen molar-refractivity contribution in [1.82, 2.24) is 20.4 Å². The molecule has 3 rings (SSSR count). The first kappa shape index (κ1) is 17.4. The minimum Gasteiger partial charge on any atom is -0.347 e. The van der Waals surface area contributed by atoms with E-state index in [1.165, 1.54) is 38.6 Å². The van der Waals surface area contributed by atoms with Gasteiger partial charge in [-0.05, 0) is 51.6 Å². The van der Waals surface area contributed by atoms with Crippen LogP contribution in [0.4, 0.5) is 0 Å². The van der Waals surface area contributed by atoms with Crippen LogP contribution in [0.25, 0.3) is 0 Å². The van der Waals surface area contributed by atoms with E-state index in [0.29, 0.717) is 30.7 Å². The number of rotatable bonds is 6. The van der Waals surface area contributed by atoms with E-state index in [1.807, 2.05) is 0 Å². The van der Waals surface area contributed by atoms with Crippen molar-refractivity contribution in [2.45, 2.75) is 70.3 Å². The van der Waals surface area contributed by atoms with E-state index in [1.54, 1.807) is 0 Å². The summed E-state index contributed by atoms with van der Waals surface area (Å²) in [7, 11) is 2.16. The summed E-state index contributed by atoms with van der Waals surface area (Å²) in [5.74, 6) is 2.53. The molecule has 1 saturated heterocycles. The quantitative estimate of drug-likeness (QED) is 0.866. The Hall–Kier alpha value is -1.43. The Morgan fingerprint density at radius 2 is 2.08 bits per heavy atom. The van der Waals surface area contributed by atoms with Crippen molar-refractivity contribution in [3.63, 3.8) is 0 Å². The lowest BCUT2D eigenvalue weighted by atomic mass is 9.89. The van der Waals surface area contributed by atoms with Crippen molar-refractivity contribution in [3.8, 4) is 0 Å². The number of aromatic nitrogens is 2. The maximum Gasteiger partial charge on any atom is 0.246 e. The number of piperidine rings is 1. The first-order chi connectivity index (χ1) is 11.7. The van der Waals surface area contributed by atoms with Crippen LogP contribution in [-0.4, -0.2) is 41.1 Å². The molecule has 1 aliphatic heterocycles. The van der Waals surface area contributed by atoms with Gasteiger partial charge in [0.1, 0.15) is 0 Å². The number of hydrogen-bond acceptors (Lipinski definition) is 5. The molecule has 2 aliphatic rings. The molecule has 2 heterocycles. The molecule has 0 aromatic carbocycles. The van der Waals surface area contributed by atoms with Gasteiger partial charge in [-0.2, -0.15) is 4.98 Å². The van der Waals surface area contributed by atoms with Crippen molar-refractivity contribution in [2.24, 2.45) is 5.92 Å². The molecular formula is C18H30N4O2. The second kappa shape index (κ2) is 8.60. The minimum absolute atomic E-state index is 0.0839. The molecule has 6 nitrogen and oxygen atoms in total. The molecule has 1 N–H and O–H groups in total. The maximum atomic E-state index is 12.0. The molecule has 24 heavy (non-hydrogen) atoms. The van der Waals surface area contributed by atoms with Crippen molar-refractivity contribution in [2.75, 3.05) is 20.1 Å². The highest BCUT2D eigenvalue weighted by Crippen LogP contribution is 2.30. The Morgan fingerprint density at radius 3 is 2.88 bits per heavy atom. The smallest absolute Gasteiger partial charge is 0.246 e. The predicted molar refractivity (Wildman–Crippen MR) is 91.4 cm³/mol. The van der Waals surface area contributed by atoms with Crippen LogP contribution in [0.1, 0.15) is 75.4 Å². The summed E-state index contributed by atoms with van der Waals surface area (Å²) in [4.78, 5) is 18.9. The predicted octanol–water partition coefficient (Wildman–Crippen LogP) is 2.86. The molecule has 0 unspecified atom stereocenters. The molecule has 1 amide bonds. The topological polar surface area (TPSA) is 71.3 Å². The first-order valence-corrected chi connectivity index (χ1v) is 9.48. The van der Waals surface area contributed by atoms with Crippen LogP contribution >= 0.6 is 0 Å². The van der Waals surface area contributed by atoms with E-state index >= 15 is 0 Å². The third-order valence-electron chi connectivity index (χ3n) is 5.39. The third kappa shape index (κ3) is 5.03. The fraction of sp³-hybridized carbons (Fsp3) is 0.833. The number of likely N-dealkylation sites (tertiary alicyclic amines) is 1. The highest BCUT2D eigenvalue weighted by atomic mass is 16.5. The summed E-state index contributed by atoms with van der Waals surface area (Å²) in [6, 6.07) is 0. The molecular weight excluding hydrogens is 304 g/mol. The second-order valence-corrected chi connectivity index (χ2v) is 7.47. The summed E-state index contributed by atoms with van der Waals surface area (Å²) in [5, 5.41) is 7.02. The van der Waals surface area contributed by atoms with Gasteiger partial charge in [0, 0.05) is 18.9 Å². The van der Waals surface area contributed by atoms with Crippen LogP contribution in [-0.2, 0) is 11.3 Å². The van der Waals surface area contributed by atoms with Gasteiger partial charge in [-0.3, -0.25) is 4.79 Å². The molecule has 1 atom stereocenters. The number of nitrogens with zero attached hydrogens (tertiary/aromatic N) is 3. The zero-order valence-corrected chi connectivity index (χ0v) is 14.8. The number of nitrogens with one attached hydrogen (secondary N) is 1. The lowest BCUT2D eigenvalue weighted by Crippen LogP contribution is -2.33. The average molecular weight is 334 g/mol. The van der Waals surface area contributed by atoms with Gasteiger partial charge >= 0.3 is 0 Å². The highest BCUT2D eigenvalue weighted by Gasteiger charge is 2.21.